The number of piperidine rings is 2. The molecule has 12 nitrogen and oxygen atoms in total. The Morgan fingerprint density at radius 1 is 0.825 bits per heavy atom. The minimum Gasteiger partial charge on any atom is -0.369 e. The van der Waals surface area contributed by atoms with Gasteiger partial charge in [-0.15, -0.1) is 0 Å². The molecule has 9 rings (SSSR count). The average molecular weight is 783 g/mol. The number of hydrogen-bond donors (Lipinski definition) is 1. The van der Waals surface area contributed by atoms with Crippen LogP contribution in [0.5, 0.6) is 0 Å². The van der Waals surface area contributed by atoms with E-state index in [1.165, 1.54) is 6.07 Å². The number of hydrogen-bond acceptors (Lipinski definition) is 9. The zero-order chi connectivity index (χ0) is 39.5. The van der Waals surface area contributed by atoms with Gasteiger partial charge in [-0.05, 0) is 86.7 Å². The van der Waals surface area contributed by atoms with E-state index in [2.05, 4.69) is 25.0 Å². The van der Waals surface area contributed by atoms with Crippen molar-refractivity contribution in [1.29, 1.82) is 0 Å². The summed E-state index contributed by atoms with van der Waals surface area (Å²) in [6, 6.07) is 11.2. The molecule has 2 aromatic carbocycles. The van der Waals surface area contributed by atoms with Gasteiger partial charge in [0.25, 0.3) is 11.8 Å². The lowest BCUT2D eigenvalue weighted by Crippen LogP contribution is -2.54. The van der Waals surface area contributed by atoms with Crippen molar-refractivity contribution in [2.24, 2.45) is 5.92 Å². The van der Waals surface area contributed by atoms with E-state index in [0.717, 1.165) is 84.6 Å². The highest BCUT2D eigenvalue weighted by Gasteiger charge is 2.45. The molecule has 57 heavy (non-hydrogen) atoms. The number of alkyl halides is 2. The molecule has 4 amide bonds. The van der Waals surface area contributed by atoms with Gasteiger partial charge in [-0.1, -0.05) is 12.1 Å². The molecule has 1 N–H and O–H groups in total. The number of rotatable bonds is 8. The van der Waals surface area contributed by atoms with Crippen molar-refractivity contribution in [3.63, 3.8) is 0 Å². The maximum absolute atomic E-state index is 15.6. The first-order valence-electron chi connectivity index (χ1n) is 19.9. The average Bonchev–Trinajstić information content (AvgIpc) is 3.66. The highest BCUT2D eigenvalue weighted by atomic mass is 19.3. The Kier molecular flexibility index (Phi) is 9.75. The van der Waals surface area contributed by atoms with E-state index in [1.54, 1.807) is 24.4 Å². The number of carbonyl (C=O) groups is 4. The second kappa shape index (κ2) is 14.9. The van der Waals surface area contributed by atoms with Gasteiger partial charge in [0.2, 0.25) is 11.8 Å². The molecule has 3 saturated heterocycles. The molecule has 5 aliphatic heterocycles. The molecule has 1 atom stereocenters. The van der Waals surface area contributed by atoms with Crippen molar-refractivity contribution in [2.75, 3.05) is 69.2 Å². The summed E-state index contributed by atoms with van der Waals surface area (Å²) in [6.07, 6.45) is 5.31. The van der Waals surface area contributed by atoms with Crippen molar-refractivity contribution in [3.05, 3.63) is 76.9 Å². The lowest BCUT2D eigenvalue weighted by molar-refractivity contribution is -0.136. The molecule has 7 heterocycles. The first kappa shape index (κ1) is 37.3. The number of carbonyl (C=O) groups excluding carboxylic acids is 4. The van der Waals surface area contributed by atoms with Crippen LogP contribution in [0.2, 0.25) is 0 Å². The molecule has 0 aliphatic carbocycles. The first-order valence-corrected chi connectivity index (χ1v) is 19.9. The highest BCUT2D eigenvalue weighted by Crippen LogP contribution is 2.37. The Bertz CT molecular complexity index is 2280. The predicted octanol–water partition coefficient (Wildman–Crippen LogP) is 5.06. The predicted molar refractivity (Wildman–Crippen MR) is 208 cm³/mol. The van der Waals surface area contributed by atoms with E-state index in [9.17, 15) is 28.0 Å². The van der Waals surface area contributed by atoms with Crippen LogP contribution in [0.4, 0.5) is 24.7 Å². The molecule has 1 unspecified atom stereocenters. The van der Waals surface area contributed by atoms with E-state index in [0.29, 0.717) is 60.1 Å². The number of imide groups is 2. The minimum atomic E-state index is -2.66. The monoisotopic (exact) mass is 782 g/mol. The van der Waals surface area contributed by atoms with Crippen LogP contribution >= 0.6 is 0 Å². The van der Waals surface area contributed by atoms with E-state index >= 15 is 4.39 Å². The number of aromatic nitrogens is 2. The standard InChI is InChI=1S/C42H45F3N8O4/c1-48-12-11-34-32(24-48)29-4-2-26(21-36(29)52(34)42(44)45)27-20-33(43)38(46-23-27)51-14-9-25(10-15-51)8-13-49-16-18-50(19-17-49)28-3-5-30-31(22-28)41(57)53(40(30)56)35-6-7-37(54)47-39(35)55/h2-5,20-23,25,35,42H,6-19,24H2,1H3,(H,47,54,55). The van der Waals surface area contributed by atoms with Gasteiger partial charge in [0.15, 0.2) is 11.6 Å². The maximum Gasteiger partial charge on any atom is 0.319 e. The largest absolute Gasteiger partial charge is 0.369 e. The third-order valence-electron chi connectivity index (χ3n) is 12.7. The molecule has 0 radical (unpaired) electrons. The maximum atomic E-state index is 15.6. The topological polar surface area (TPSA) is 114 Å². The summed E-state index contributed by atoms with van der Waals surface area (Å²) in [6.45, 7) is 4.29. The van der Waals surface area contributed by atoms with Crippen LogP contribution in [0, 0.1) is 11.7 Å². The number of fused-ring (bicyclic) bond motifs is 4. The number of nitrogens with one attached hydrogen (secondary N) is 1. The van der Waals surface area contributed by atoms with Gasteiger partial charge in [0.1, 0.15) is 6.04 Å². The van der Waals surface area contributed by atoms with Gasteiger partial charge >= 0.3 is 6.55 Å². The number of anilines is 2. The van der Waals surface area contributed by atoms with Gasteiger partial charge in [0, 0.05) is 93.7 Å². The van der Waals surface area contributed by atoms with Crippen molar-refractivity contribution >= 4 is 46.0 Å². The van der Waals surface area contributed by atoms with Gasteiger partial charge in [-0.2, -0.15) is 8.78 Å². The normalized spacial score (nSPS) is 21.2. The fraction of sp³-hybridized carbons (Fsp3) is 0.452. The smallest absolute Gasteiger partial charge is 0.319 e. The van der Waals surface area contributed by atoms with Crippen LogP contribution in [-0.2, 0) is 22.6 Å². The second-order valence-corrected chi connectivity index (χ2v) is 16.0. The van der Waals surface area contributed by atoms with Gasteiger partial charge in [0.05, 0.1) is 16.6 Å². The molecular weight excluding hydrogens is 738 g/mol. The molecule has 0 saturated carbocycles. The van der Waals surface area contributed by atoms with E-state index in [-0.39, 0.29) is 24.0 Å². The van der Waals surface area contributed by atoms with Crippen LogP contribution < -0.4 is 15.1 Å². The van der Waals surface area contributed by atoms with Crippen molar-refractivity contribution in [1.82, 2.24) is 29.6 Å². The number of pyridine rings is 1. The molecule has 2 aromatic heterocycles. The fourth-order valence-corrected chi connectivity index (χ4v) is 9.43. The lowest BCUT2D eigenvalue weighted by Gasteiger charge is -2.38. The number of likely N-dealkylation sites (N-methyl/N-ethyl adjacent to an activating group) is 1. The molecule has 3 fully saturated rings. The second-order valence-electron chi connectivity index (χ2n) is 16.0. The van der Waals surface area contributed by atoms with Gasteiger partial charge in [-0.3, -0.25) is 38.9 Å². The van der Waals surface area contributed by atoms with Crippen LogP contribution in [0.1, 0.15) is 70.6 Å². The number of benzene rings is 2. The Morgan fingerprint density at radius 3 is 2.33 bits per heavy atom. The fourth-order valence-electron chi connectivity index (χ4n) is 9.43. The van der Waals surface area contributed by atoms with E-state index < -0.39 is 42.0 Å². The Balaban J connectivity index is 0.768. The molecule has 5 aliphatic rings. The highest BCUT2D eigenvalue weighted by molar-refractivity contribution is 6.23. The summed E-state index contributed by atoms with van der Waals surface area (Å²) >= 11 is 0. The van der Waals surface area contributed by atoms with Gasteiger partial charge in [-0.25, -0.2) is 9.37 Å². The quantitative estimate of drug-likeness (QED) is 0.246. The molecular formula is C42H45F3N8O4. The SMILES string of the molecule is CN1CCc2c(c3ccc(-c4cnc(N5CCC(CCN6CCN(c7ccc8c(c7)C(=O)N(C7CCC(=O)NC7=O)C8=O)CC6)CC5)c(F)c4)cc3n2C(F)F)C1. The zero-order valence-electron chi connectivity index (χ0n) is 31.9. The Labute approximate surface area is 328 Å². The number of amides is 4. The number of piperazine rings is 1. The molecule has 0 bridgehead atoms. The van der Waals surface area contributed by atoms with Crippen molar-refractivity contribution in [2.45, 2.75) is 57.7 Å². The summed E-state index contributed by atoms with van der Waals surface area (Å²) < 4.78 is 45.3. The minimum absolute atomic E-state index is 0.0795. The first-order chi connectivity index (χ1) is 27.5. The lowest BCUT2D eigenvalue weighted by atomic mass is 9.93. The van der Waals surface area contributed by atoms with E-state index in [4.69, 9.17) is 0 Å². The third kappa shape index (κ3) is 6.83. The number of nitrogens with zero attached hydrogens (tertiary/aromatic N) is 7. The van der Waals surface area contributed by atoms with Crippen molar-refractivity contribution < 1.29 is 32.3 Å². The number of halogens is 3. The third-order valence-corrected chi connectivity index (χ3v) is 12.7. The van der Waals surface area contributed by atoms with Gasteiger partial charge < -0.3 is 14.7 Å². The summed E-state index contributed by atoms with van der Waals surface area (Å²) in [5.74, 6) is -1.61. The summed E-state index contributed by atoms with van der Waals surface area (Å²) in [5, 5.41) is 3.04. The van der Waals surface area contributed by atoms with Crippen LogP contribution in [0.15, 0.2) is 48.7 Å². The van der Waals surface area contributed by atoms with Crippen LogP contribution in [0.25, 0.3) is 22.0 Å². The summed E-state index contributed by atoms with van der Waals surface area (Å²) in [5.41, 5.74) is 4.71. The Morgan fingerprint density at radius 2 is 1.60 bits per heavy atom. The van der Waals surface area contributed by atoms with Crippen LogP contribution in [0.3, 0.4) is 0 Å². The summed E-state index contributed by atoms with van der Waals surface area (Å²) in [7, 11) is 1.99. The molecule has 298 valence electrons. The van der Waals surface area contributed by atoms with Crippen LogP contribution in [-0.4, -0.2) is 113 Å². The molecule has 15 heteroatoms. The zero-order valence-corrected chi connectivity index (χ0v) is 31.9. The van der Waals surface area contributed by atoms with E-state index in [1.807, 2.05) is 30.1 Å². The molecule has 4 aromatic rings. The van der Waals surface area contributed by atoms with Crippen molar-refractivity contribution in [3.8, 4) is 11.1 Å². The molecule has 0 spiro atoms. The summed E-state index contributed by atoms with van der Waals surface area (Å²) in [4.78, 5) is 64.7. The Hall–Kier alpha value is -5.28.